The van der Waals surface area contributed by atoms with Gasteiger partial charge in [0, 0.05) is 6.42 Å². The Hall–Kier alpha value is -0.360. The Kier molecular flexibility index (Phi) is 11.7. The number of nitrogens with zero attached hydrogens (tertiary/aromatic N) is 2. The van der Waals surface area contributed by atoms with Crippen LogP contribution in [0.5, 0.6) is 0 Å². The first-order chi connectivity index (χ1) is 12.1. The van der Waals surface area contributed by atoms with Gasteiger partial charge in [0.25, 0.3) is 0 Å². The lowest BCUT2D eigenvalue weighted by Crippen LogP contribution is -2.26. The first-order valence-electron chi connectivity index (χ1n) is 11.0. The number of hydrogen-bond acceptors (Lipinski definition) is 0. The van der Waals surface area contributed by atoms with Crippen LogP contribution in [0, 0.1) is 0 Å². The monoisotopic (exact) mass is 368 g/mol. The minimum absolute atomic E-state index is 0.782. The molecule has 0 N–H and O–H groups in total. The van der Waals surface area contributed by atoms with Crippen molar-refractivity contribution in [2.75, 3.05) is 18.5 Å². The maximum atomic E-state index is 2.62. The average molecular weight is 369 g/mol. The van der Waals surface area contributed by atoms with Crippen molar-refractivity contribution in [1.29, 1.82) is 0 Å². The summed E-state index contributed by atoms with van der Waals surface area (Å²) in [5.41, 5.74) is 0. The summed E-state index contributed by atoms with van der Waals surface area (Å²) in [4.78, 5) is 0. The first kappa shape index (κ1) is 22.7. The van der Waals surface area contributed by atoms with Gasteiger partial charge in [-0.25, -0.2) is 9.13 Å². The fourth-order valence-corrected chi connectivity index (χ4v) is 9.97. The summed E-state index contributed by atoms with van der Waals surface area (Å²) in [5, 5.41) is 0. The molecule has 1 aromatic heterocycles. The van der Waals surface area contributed by atoms with Crippen LogP contribution in [0.25, 0.3) is 0 Å². The van der Waals surface area contributed by atoms with Gasteiger partial charge in [-0.2, -0.15) is 0 Å². The van der Waals surface area contributed by atoms with E-state index >= 15 is 0 Å². The van der Waals surface area contributed by atoms with E-state index in [-0.39, 0.29) is 0 Å². The third kappa shape index (κ3) is 7.41. The lowest BCUT2D eigenvalue weighted by Gasteiger charge is -2.33. The molecule has 0 aliphatic carbocycles. The van der Waals surface area contributed by atoms with E-state index in [2.05, 4.69) is 62.6 Å². The van der Waals surface area contributed by atoms with Crippen LogP contribution < -0.4 is 4.57 Å². The van der Waals surface area contributed by atoms with Gasteiger partial charge in [-0.3, -0.25) is 0 Å². The van der Waals surface area contributed by atoms with Crippen molar-refractivity contribution in [2.24, 2.45) is 7.05 Å². The highest BCUT2D eigenvalue weighted by Gasteiger charge is 2.47. The van der Waals surface area contributed by atoms with Gasteiger partial charge in [0.15, 0.2) is 0 Å². The molecule has 0 bridgehead atoms. The van der Waals surface area contributed by atoms with Crippen molar-refractivity contribution in [2.45, 2.75) is 97.7 Å². The molecule has 0 amide bonds. The minimum Gasteiger partial charge on any atom is -0.239 e. The lowest BCUT2D eigenvalue weighted by molar-refractivity contribution is -0.671. The third-order valence-corrected chi connectivity index (χ3v) is 11.1. The molecule has 0 aliphatic rings. The van der Waals surface area contributed by atoms with Crippen LogP contribution >= 0.6 is 7.26 Å². The molecular formula is C22H45N2P+2. The molecule has 0 spiro atoms. The Morgan fingerprint density at radius 1 is 0.800 bits per heavy atom. The molecule has 0 aromatic carbocycles. The normalized spacial score (nSPS) is 13.3. The maximum Gasteiger partial charge on any atom is 0.246 e. The smallest absolute Gasteiger partial charge is 0.239 e. The van der Waals surface area contributed by atoms with Gasteiger partial charge < -0.3 is 0 Å². The highest BCUT2D eigenvalue weighted by Crippen LogP contribution is 2.70. The van der Waals surface area contributed by atoms with Gasteiger partial charge in [0.05, 0.1) is 32.8 Å². The molecule has 2 nitrogen and oxygen atoms in total. The summed E-state index contributed by atoms with van der Waals surface area (Å²) in [6.07, 6.45) is 25.3. The van der Waals surface area contributed by atoms with Gasteiger partial charge in [0.1, 0.15) is 12.4 Å². The fourth-order valence-electron chi connectivity index (χ4n) is 4.13. The second-order valence-electron chi connectivity index (χ2n) is 7.95. The van der Waals surface area contributed by atoms with Gasteiger partial charge in [-0.1, -0.05) is 59.8 Å². The van der Waals surface area contributed by atoms with Crippen molar-refractivity contribution in [1.82, 2.24) is 4.57 Å². The molecule has 0 saturated carbocycles. The zero-order valence-corrected chi connectivity index (χ0v) is 18.7. The predicted molar refractivity (Wildman–Crippen MR) is 115 cm³/mol. The summed E-state index contributed by atoms with van der Waals surface area (Å²) < 4.78 is 4.85. The van der Waals surface area contributed by atoms with Crippen LogP contribution in [-0.2, 0) is 7.05 Å². The van der Waals surface area contributed by atoms with E-state index in [0.717, 1.165) is 5.78 Å². The molecule has 25 heavy (non-hydrogen) atoms. The highest BCUT2D eigenvalue weighted by molar-refractivity contribution is 7.75. The standard InChI is InChI=1S/C22H45N2P/c1-6-10-14-15-22(24-17-16-23(5)21-24)25(18-11-7-2,19-12-8-3)20-13-9-4/h16-17,21-22H,6-15,18-20H2,1-5H3/q+2. The van der Waals surface area contributed by atoms with Gasteiger partial charge in [-0.05, 0) is 25.7 Å². The van der Waals surface area contributed by atoms with E-state index in [0.29, 0.717) is 0 Å². The van der Waals surface area contributed by atoms with Crippen molar-refractivity contribution >= 4 is 7.26 Å². The molecule has 1 aromatic rings. The largest absolute Gasteiger partial charge is 0.246 e. The number of hydrogen-bond donors (Lipinski definition) is 0. The summed E-state index contributed by atoms with van der Waals surface area (Å²) in [7, 11) is 1.22. The molecule has 0 aliphatic heterocycles. The summed E-state index contributed by atoms with van der Waals surface area (Å²) in [5.74, 6) is 0.782. The Morgan fingerprint density at radius 3 is 1.72 bits per heavy atom. The van der Waals surface area contributed by atoms with Gasteiger partial charge in [-0.15, -0.1) is 0 Å². The van der Waals surface area contributed by atoms with Crippen LogP contribution in [0.1, 0.15) is 97.7 Å². The Balaban J connectivity index is 3.15. The zero-order chi connectivity index (χ0) is 18.5. The molecule has 1 unspecified atom stereocenters. The molecular weight excluding hydrogens is 323 g/mol. The van der Waals surface area contributed by atoms with E-state index in [1.54, 1.807) is 0 Å². The maximum absolute atomic E-state index is 2.62. The number of aryl methyl sites for hydroxylation is 1. The fraction of sp³-hybridized carbons (Fsp3) is 0.864. The van der Waals surface area contributed by atoms with E-state index < -0.39 is 7.26 Å². The topological polar surface area (TPSA) is 8.81 Å². The molecule has 0 saturated heterocycles. The molecule has 0 radical (unpaired) electrons. The Labute approximate surface area is 158 Å². The van der Waals surface area contributed by atoms with Crippen LogP contribution in [-0.4, -0.2) is 23.1 Å². The van der Waals surface area contributed by atoms with Gasteiger partial charge in [0.2, 0.25) is 12.1 Å². The molecule has 0 fully saturated rings. The minimum atomic E-state index is -0.955. The van der Waals surface area contributed by atoms with Crippen molar-refractivity contribution < 1.29 is 4.57 Å². The average Bonchev–Trinajstić information content (AvgIpc) is 3.05. The van der Waals surface area contributed by atoms with E-state index in [9.17, 15) is 0 Å². The van der Waals surface area contributed by atoms with Crippen molar-refractivity contribution in [3.8, 4) is 0 Å². The van der Waals surface area contributed by atoms with Crippen molar-refractivity contribution in [3.63, 3.8) is 0 Å². The molecule has 1 atom stereocenters. The summed E-state index contributed by atoms with van der Waals surface area (Å²) in [6, 6.07) is 0. The summed E-state index contributed by atoms with van der Waals surface area (Å²) in [6.45, 7) is 9.44. The number of imidazole rings is 1. The van der Waals surface area contributed by atoms with Crippen LogP contribution in [0.15, 0.2) is 18.7 Å². The molecule has 146 valence electrons. The van der Waals surface area contributed by atoms with E-state index in [1.165, 1.54) is 82.7 Å². The SMILES string of the molecule is CCCCCC(n1cc[n+](C)c1)[P+](CCCC)(CCCC)CCCC. The lowest BCUT2D eigenvalue weighted by atomic mass is 10.2. The predicted octanol–water partition coefficient (Wildman–Crippen LogP) is 6.81. The quantitative estimate of drug-likeness (QED) is 0.183. The molecule has 3 heteroatoms. The van der Waals surface area contributed by atoms with Crippen molar-refractivity contribution in [3.05, 3.63) is 18.7 Å². The Morgan fingerprint density at radius 2 is 1.32 bits per heavy atom. The van der Waals surface area contributed by atoms with Crippen LogP contribution in [0.2, 0.25) is 0 Å². The third-order valence-electron chi connectivity index (χ3n) is 5.70. The second-order valence-corrected chi connectivity index (χ2v) is 12.3. The van der Waals surface area contributed by atoms with E-state index in [4.69, 9.17) is 0 Å². The van der Waals surface area contributed by atoms with E-state index in [1.807, 2.05) is 0 Å². The molecule has 1 rings (SSSR count). The first-order valence-corrected chi connectivity index (χ1v) is 13.4. The number of unbranched alkanes of at least 4 members (excludes halogenated alkanes) is 5. The zero-order valence-electron chi connectivity index (χ0n) is 17.8. The summed E-state index contributed by atoms with van der Waals surface area (Å²) >= 11 is 0. The second kappa shape index (κ2) is 12.9. The van der Waals surface area contributed by atoms with Crippen LogP contribution in [0.4, 0.5) is 0 Å². The number of rotatable bonds is 15. The Bertz CT molecular complexity index is 419. The van der Waals surface area contributed by atoms with Gasteiger partial charge >= 0.3 is 0 Å². The number of aromatic nitrogens is 2. The molecule has 1 heterocycles. The highest BCUT2D eigenvalue weighted by atomic mass is 31.2. The van der Waals surface area contributed by atoms with Crippen LogP contribution in [0.3, 0.4) is 0 Å².